The van der Waals surface area contributed by atoms with E-state index in [9.17, 15) is 0 Å². The van der Waals surface area contributed by atoms with Gasteiger partial charge in [-0.25, -0.2) is 0 Å². The molecule has 0 saturated heterocycles. The van der Waals surface area contributed by atoms with Gasteiger partial charge in [0.2, 0.25) is 0 Å². The maximum atomic E-state index is 3.49. The maximum absolute atomic E-state index is 3.49. The van der Waals surface area contributed by atoms with E-state index in [0.717, 1.165) is 5.92 Å². The normalized spacial score (nSPS) is 12.2. The number of rotatable bonds is 25. The minimum Gasteiger partial charge on any atom is -0.131 e. The van der Waals surface area contributed by atoms with Crippen molar-refractivity contribution in [1.29, 1.82) is 0 Å². The fourth-order valence-electron chi connectivity index (χ4n) is 5.36. The molecule has 0 radical (unpaired) electrons. The molecule has 0 aromatic rings. The lowest BCUT2D eigenvalue weighted by atomic mass is 9.77. The molecule has 0 aliphatic heterocycles. The highest BCUT2D eigenvalue weighted by Crippen LogP contribution is 2.44. The first-order valence-corrected chi connectivity index (χ1v) is 15.5. The van der Waals surface area contributed by atoms with Gasteiger partial charge in [-0.05, 0) is 36.8 Å². The van der Waals surface area contributed by atoms with Crippen molar-refractivity contribution in [3.05, 3.63) is 0 Å². The zero-order valence-electron chi connectivity index (χ0n) is 22.6. The zero-order chi connectivity index (χ0) is 23.0. The summed E-state index contributed by atoms with van der Waals surface area (Å²) in [6.45, 7) is 9.35. The second-order valence-corrected chi connectivity index (χ2v) is 11.8. The molecule has 0 bridgehead atoms. The summed E-state index contributed by atoms with van der Waals surface area (Å²) in [6, 6.07) is 0. The molecule has 1 unspecified atom stereocenters. The molecule has 1 heteroatoms. The molecule has 0 saturated carbocycles. The summed E-state index contributed by atoms with van der Waals surface area (Å²) in [7, 11) is 3.49. The summed E-state index contributed by atoms with van der Waals surface area (Å²) >= 11 is 0. The third kappa shape index (κ3) is 18.5. The largest absolute Gasteiger partial charge is 0.131 e. The Hall–Kier alpha value is 0.430. The summed E-state index contributed by atoms with van der Waals surface area (Å²) < 4.78 is 0. The van der Waals surface area contributed by atoms with E-state index in [1.165, 1.54) is 154 Å². The van der Waals surface area contributed by atoms with E-state index < -0.39 is 0 Å². The van der Waals surface area contributed by atoms with Crippen LogP contribution in [0.5, 0.6) is 0 Å². The first kappa shape index (κ1) is 31.4. The standard InChI is InChI=1S/C30H63P/c1-5-9-13-17-21-25-29(26-22-18-14-10-6-2)30(31,27-23-19-15-11-7-3)28-24-20-16-12-8-4/h29H,5-28,31H2,1-4H3. The summed E-state index contributed by atoms with van der Waals surface area (Å²) in [4.78, 5) is 0. The van der Waals surface area contributed by atoms with Crippen LogP contribution in [0.25, 0.3) is 0 Å². The summed E-state index contributed by atoms with van der Waals surface area (Å²) in [6.07, 6.45) is 34.6. The van der Waals surface area contributed by atoms with Gasteiger partial charge in [-0.3, -0.25) is 0 Å². The molecule has 0 N–H and O–H groups in total. The lowest BCUT2D eigenvalue weighted by Crippen LogP contribution is -2.32. The molecular formula is C30H63P. The second-order valence-electron chi connectivity index (χ2n) is 10.7. The molecule has 0 aliphatic carbocycles. The van der Waals surface area contributed by atoms with Gasteiger partial charge in [0.25, 0.3) is 0 Å². The van der Waals surface area contributed by atoms with Gasteiger partial charge in [0.15, 0.2) is 0 Å². The van der Waals surface area contributed by atoms with Crippen LogP contribution in [-0.4, -0.2) is 5.16 Å². The van der Waals surface area contributed by atoms with Gasteiger partial charge < -0.3 is 0 Å². The number of hydrogen-bond acceptors (Lipinski definition) is 0. The van der Waals surface area contributed by atoms with Gasteiger partial charge in [0.1, 0.15) is 0 Å². The first-order chi connectivity index (χ1) is 15.1. The van der Waals surface area contributed by atoms with Crippen LogP contribution < -0.4 is 0 Å². The Kier molecular flexibility index (Phi) is 23.9. The third-order valence-corrected chi connectivity index (χ3v) is 8.67. The van der Waals surface area contributed by atoms with E-state index in [4.69, 9.17) is 0 Å². The van der Waals surface area contributed by atoms with Gasteiger partial charge in [-0.2, -0.15) is 0 Å². The first-order valence-electron chi connectivity index (χ1n) is 14.9. The molecule has 0 nitrogen and oxygen atoms in total. The Balaban J connectivity index is 4.86. The van der Waals surface area contributed by atoms with E-state index >= 15 is 0 Å². The van der Waals surface area contributed by atoms with Crippen LogP contribution in [0, 0.1) is 5.92 Å². The summed E-state index contributed by atoms with van der Waals surface area (Å²) in [5.41, 5.74) is 0. The van der Waals surface area contributed by atoms with Gasteiger partial charge in [0.05, 0.1) is 0 Å². The molecule has 0 aliphatic rings. The van der Waals surface area contributed by atoms with Crippen LogP contribution in [0.3, 0.4) is 0 Å². The topological polar surface area (TPSA) is 0 Å². The van der Waals surface area contributed by atoms with Crippen molar-refractivity contribution in [3.8, 4) is 0 Å². The van der Waals surface area contributed by atoms with E-state index in [2.05, 4.69) is 36.9 Å². The van der Waals surface area contributed by atoms with Crippen LogP contribution in [0.1, 0.15) is 182 Å². The predicted molar refractivity (Wildman–Crippen MR) is 149 cm³/mol. The highest BCUT2D eigenvalue weighted by molar-refractivity contribution is 7.19. The van der Waals surface area contributed by atoms with Crippen LogP contribution in [-0.2, 0) is 0 Å². The monoisotopic (exact) mass is 454 g/mol. The molecule has 0 spiro atoms. The van der Waals surface area contributed by atoms with Crippen molar-refractivity contribution >= 4 is 9.24 Å². The van der Waals surface area contributed by atoms with Crippen molar-refractivity contribution in [2.24, 2.45) is 5.92 Å². The smallest absolute Gasteiger partial charge is 0.0122 e. The molecule has 0 rings (SSSR count). The Labute approximate surface area is 202 Å². The SMILES string of the molecule is CCCCCCCC(CCCCCCC)C(P)(CCCCCCC)CCCCCCC. The van der Waals surface area contributed by atoms with E-state index in [1.807, 2.05) is 0 Å². The minimum atomic E-state index is 0.522. The third-order valence-electron chi connectivity index (χ3n) is 7.62. The second kappa shape index (κ2) is 23.6. The zero-order valence-corrected chi connectivity index (χ0v) is 23.8. The highest BCUT2D eigenvalue weighted by Gasteiger charge is 2.32. The average molecular weight is 455 g/mol. The lowest BCUT2D eigenvalue weighted by molar-refractivity contribution is 0.269. The predicted octanol–water partition coefficient (Wildman–Crippen LogP) is 11.7. The van der Waals surface area contributed by atoms with Crippen LogP contribution in [0.4, 0.5) is 0 Å². The molecule has 0 amide bonds. The lowest BCUT2D eigenvalue weighted by Gasteiger charge is -2.39. The Bertz CT molecular complexity index is 309. The van der Waals surface area contributed by atoms with E-state index in [0.29, 0.717) is 5.16 Å². The van der Waals surface area contributed by atoms with Gasteiger partial charge in [-0.15, -0.1) is 9.24 Å². The molecule has 188 valence electrons. The average Bonchev–Trinajstić information content (AvgIpc) is 2.77. The molecule has 1 atom stereocenters. The van der Waals surface area contributed by atoms with Crippen LogP contribution in [0.15, 0.2) is 0 Å². The Morgan fingerprint density at radius 1 is 0.419 bits per heavy atom. The van der Waals surface area contributed by atoms with Crippen LogP contribution in [0.2, 0.25) is 0 Å². The fourth-order valence-corrected chi connectivity index (χ4v) is 6.10. The summed E-state index contributed by atoms with van der Waals surface area (Å²) in [5, 5.41) is 0.522. The van der Waals surface area contributed by atoms with Crippen molar-refractivity contribution < 1.29 is 0 Å². The van der Waals surface area contributed by atoms with Gasteiger partial charge in [0, 0.05) is 0 Å². The molecule has 0 heterocycles. The van der Waals surface area contributed by atoms with Crippen molar-refractivity contribution in [3.63, 3.8) is 0 Å². The van der Waals surface area contributed by atoms with Crippen molar-refractivity contribution in [2.75, 3.05) is 0 Å². The van der Waals surface area contributed by atoms with E-state index in [1.54, 1.807) is 0 Å². The van der Waals surface area contributed by atoms with Crippen LogP contribution >= 0.6 is 9.24 Å². The molecule has 0 aromatic carbocycles. The fraction of sp³-hybridized carbons (Fsp3) is 1.00. The molecule has 0 fully saturated rings. The summed E-state index contributed by atoms with van der Waals surface area (Å²) in [5.74, 6) is 0.943. The number of unbranched alkanes of at least 4 members (excludes halogenated alkanes) is 16. The Morgan fingerprint density at radius 3 is 1.03 bits per heavy atom. The highest BCUT2D eigenvalue weighted by atomic mass is 31.0. The molecular weight excluding hydrogens is 391 g/mol. The molecule has 0 aromatic heterocycles. The quantitative estimate of drug-likeness (QED) is 0.0950. The number of hydrogen-bond donors (Lipinski definition) is 0. The maximum Gasteiger partial charge on any atom is -0.0122 e. The minimum absolute atomic E-state index is 0.522. The van der Waals surface area contributed by atoms with Crippen molar-refractivity contribution in [1.82, 2.24) is 0 Å². The van der Waals surface area contributed by atoms with Gasteiger partial charge in [-0.1, -0.05) is 156 Å². The van der Waals surface area contributed by atoms with Gasteiger partial charge >= 0.3 is 0 Å². The van der Waals surface area contributed by atoms with E-state index in [-0.39, 0.29) is 0 Å². The molecule has 31 heavy (non-hydrogen) atoms. The Morgan fingerprint density at radius 2 is 0.710 bits per heavy atom. The van der Waals surface area contributed by atoms with Crippen molar-refractivity contribution in [2.45, 2.75) is 187 Å².